The molecule has 1 fully saturated rings. The average molecular weight is 298 g/mol. The van der Waals surface area contributed by atoms with Gasteiger partial charge in [-0.1, -0.05) is 17.3 Å². The number of rotatable bonds is 5. The Bertz CT molecular complexity index is 770. The molecular weight excluding hydrogens is 280 g/mol. The molecular formula is C16H18N4S. The van der Waals surface area contributed by atoms with Crippen molar-refractivity contribution >= 4 is 22.4 Å². The maximum Gasteiger partial charge on any atom is 0.113 e. The minimum atomic E-state index is 0.759. The Kier molecular flexibility index (Phi) is 3.24. The van der Waals surface area contributed by atoms with Gasteiger partial charge in [0, 0.05) is 22.3 Å². The van der Waals surface area contributed by atoms with E-state index >= 15 is 0 Å². The van der Waals surface area contributed by atoms with E-state index in [2.05, 4.69) is 34.7 Å². The highest BCUT2D eigenvalue weighted by Crippen LogP contribution is 2.25. The van der Waals surface area contributed by atoms with Gasteiger partial charge in [0.2, 0.25) is 0 Å². The normalized spacial score (nSPS) is 14.9. The van der Waals surface area contributed by atoms with Crippen LogP contribution in [-0.2, 0) is 13.1 Å². The Morgan fingerprint density at radius 1 is 1.33 bits per heavy atom. The van der Waals surface area contributed by atoms with Crippen LogP contribution in [0.15, 0.2) is 30.3 Å². The van der Waals surface area contributed by atoms with Gasteiger partial charge in [0.15, 0.2) is 0 Å². The van der Waals surface area contributed by atoms with Crippen molar-refractivity contribution in [3.05, 3.63) is 45.6 Å². The van der Waals surface area contributed by atoms with Gasteiger partial charge < -0.3 is 5.32 Å². The number of aromatic nitrogens is 3. The molecule has 1 aliphatic carbocycles. The fourth-order valence-electron chi connectivity index (χ4n) is 2.56. The van der Waals surface area contributed by atoms with Gasteiger partial charge in [0.25, 0.3) is 0 Å². The van der Waals surface area contributed by atoms with Gasteiger partial charge in [-0.3, -0.25) is 0 Å². The largest absolute Gasteiger partial charge is 0.309 e. The Balaban J connectivity index is 1.55. The molecule has 0 radical (unpaired) electrons. The van der Waals surface area contributed by atoms with Crippen molar-refractivity contribution in [3.8, 4) is 0 Å². The van der Waals surface area contributed by atoms with Crippen LogP contribution in [0.2, 0.25) is 0 Å². The molecule has 2 heterocycles. The summed E-state index contributed by atoms with van der Waals surface area (Å²) in [6.07, 6.45) is 2.67. The summed E-state index contributed by atoms with van der Waals surface area (Å²) in [5.74, 6) is 0. The number of nitrogens with zero attached hydrogens (tertiary/aromatic N) is 3. The van der Waals surface area contributed by atoms with E-state index < -0.39 is 0 Å². The fourth-order valence-corrected chi connectivity index (χ4v) is 3.56. The Hall–Kier alpha value is -1.72. The smallest absolute Gasteiger partial charge is 0.113 e. The van der Waals surface area contributed by atoms with Crippen LogP contribution in [0.25, 0.3) is 11.0 Å². The first-order valence-corrected chi connectivity index (χ1v) is 8.21. The van der Waals surface area contributed by atoms with Gasteiger partial charge in [-0.15, -0.1) is 16.4 Å². The minimum Gasteiger partial charge on any atom is -0.309 e. The van der Waals surface area contributed by atoms with Crippen LogP contribution in [-0.4, -0.2) is 21.0 Å². The molecule has 4 rings (SSSR count). The lowest BCUT2D eigenvalue weighted by Crippen LogP contribution is -2.14. The van der Waals surface area contributed by atoms with E-state index in [1.165, 1.54) is 28.2 Å². The highest BCUT2D eigenvalue weighted by molar-refractivity contribution is 7.12. The number of thiophene rings is 1. The molecule has 0 spiro atoms. The molecule has 1 aromatic carbocycles. The predicted octanol–water partition coefficient (Wildman–Crippen LogP) is 3.10. The summed E-state index contributed by atoms with van der Waals surface area (Å²) < 4.78 is 1.99. The predicted molar refractivity (Wildman–Crippen MR) is 85.5 cm³/mol. The number of nitrogens with one attached hydrogen (secondary N) is 1. The van der Waals surface area contributed by atoms with E-state index in [0.29, 0.717) is 0 Å². The second-order valence-corrected chi connectivity index (χ2v) is 7.03. The van der Waals surface area contributed by atoms with Crippen molar-refractivity contribution in [2.75, 3.05) is 0 Å². The molecule has 4 nitrogen and oxygen atoms in total. The molecule has 21 heavy (non-hydrogen) atoms. The van der Waals surface area contributed by atoms with Crippen molar-refractivity contribution in [2.45, 2.75) is 38.9 Å². The SMILES string of the molecule is Cc1sc(CNC2CC2)cc1Cn1nnc2ccccc21. The van der Waals surface area contributed by atoms with Crippen LogP contribution in [0.1, 0.15) is 28.2 Å². The van der Waals surface area contributed by atoms with Gasteiger partial charge in [-0.25, -0.2) is 4.68 Å². The Morgan fingerprint density at radius 2 is 2.19 bits per heavy atom. The van der Waals surface area contributed by atoms with Gasteiger partial charge in [0.1, 0.15) is 5.52 Å². The summed E-state index contributed by atoms with van der Waals surface area (Å²) in [5.41, 5.74) is 3.41. The summed E-state index contributed by atoms with van der Waals surface area (Å²) in [6.45, 7) is 3.99. The molecule has 1 aliphatic rings. The maximum atomic E-state index is 4.28. The van der Waals surface area contributed by atoms with Crippen molar-refractivity contribution in [1.82, 2.24) is 20.3 Å². The Labute approximate surface area is 127 Å². The third kappa shape index (κ3) is 2.71. The number of benzene rings is 1. The molecule has 1 saturated carbocycles. The first-order chi connectivity index (χ1) is 10.3. The van der Waals surface area contributed by atoms with Crippen molar-refractivity contribution in [2.24, 2.45) is 0 Å². The highest BCUT2D eigenvalue weighted by atomic mass is 32.1. The number of aryl methyl sites for hydroxylation is 1. The molecule has 3 aromatic rings. The van der Waals surface area contributed by atoms with E-state index in [1.54, 1.807) is 0 Å². The first-order valence-electron chi connectivity index (χ1n) is 7.39. The van der Waals surface area contributed by atoms with Gasteiger partial charge in [-0.2, -0.15) is 0 Å². The number of hydrogen-bond donors (Lipinski definition) is 1. The summed E-state index contributed by atoms with van der Waals surface area (Å²) in [7, 11) is 0. The second-order valence-electron chi connectivity index (χ2n) is 5.69. The summed E-state index contributed by atoms with van der Waals surface area (Å²) >= 11 is 1.89. The van der Waals surface area contributed by atoms with E-state index in [9.17, 15) is 0 Å². The average Bonchev–Trinajstić information content (AvgIpc) is 3.15. The van der Waals surface area contributed by atoms with Gasteiger partial charge in [0.05, 0.1) is 12.1 Å². The van der Waals surface area contributed by atoms with Crippen molar-refractivity contribution < 1.29 is 0 Å². The molecule has 0 unspecified atom stereocenters. The van der Waals surface area contributed by atoms with Crippen LogP contribution in [0.3, 0.4) is 0 Å². The zero-order chi connectivity index (χ0) is 14.2. The van der Waals surface area contributed by atoms with Gasteiger partial charge >= 0.3 is 0 Å². The molecule has 0 aliphatic heterocycles. The minimum absolute atomic E-state index is 0.759. The summed E-state index contributed by atoms with van der Waals surface area (Å²) in [4.78, 5) is 2.79. The molecule has 5 heteroatoms. The van der Waals surface area contributed by atoms with Crippen molar-refractivity contribution in [3.63, 3.8) is 0 Å². The van der Waals surface area contributed by atoms with Crippen LogP contribution in [0.4, 0.5) is 0 Å². The lowest BCUT2D eigenvalue weighted by molar-refractivity contribution is 0.667. The van der Waals surface area contributed by atoms with Crippen LogP contribution >= 0.6 is 11.3 Å². The molecule has 0 saturated heterocycles. The summed E-state index contributed by atoms with van der Waals surface area (Å²) in [6, 6.07) is 11.2. The van der Waals surface area contributed by atoms with E-state index in [1.807, 2.05) is 34.2 Å². The topological polar surface area (TPSA) is 42.7 Å². The van der Waals surface area contributed by atoms with E-state index in [0.717, 1.165) is 30.2 Å². The lowest BCUT2D eigenvalue weighted by Gasteiger charge is -2.01. The van der Waals surface area contributed by atoms with E-state index in [4.69, 9.17) is 0 Å². The number of para-hydroxylation sites is 1. The van der Waals surface area contributed by atoms with Crippen LogP contribution in [0.5, 0.6) is 0 Å². The van der Waals surface area contributed by atoms with Crippen LogP contribution in [0, 0.1) is 6.92 Å². The third-order valence-electron chi connectivity index (χ3n) is 3.95. The number of fused-ring (bicyclic) bond motifs is 1. The second kappa shape index (κ2) is 5.24. The zero-order valence-corrected chi connectivity index (χ0v) is 12.9. The molecule has 1 N–H and O–H groups in total. The monoisotopic (exact) mass is 298 g/mol. The number of hydrogen-bond acceptors (Lipinski definition) is 4. The maximum absolute atomic E-state index is 4.28. The molecule has 0 amide bonds. The fraction of sp³-hybridized carbons (Fsp3) is 0.375. The first kappa shape index (κ1) is 13.0. The lowest BCUT2D eigenvalue weighted by atomic mass is 10.2. The molecule has 0 atom stereocenters. The molecule has 0 bridgehead atoms. The molecule has 108 valence electrons. The Morgan fingerprint density at radius 3 is 3.05 bits per heavy atom. The summed E-state index contributed by atoms with van der Waals surface area (Å²) in [5, 5.41) is 12.1. The standard InChI is InChI=1S/C16H18N4S/c1-11-12(8-14(21-11)9-17-13-6-7-13)10-20-16-5-3-2-4-15(16)18-19-20/h2-5,8,13,17H,6-7,9-10H2,1H3. The van der Waals surface area contributed by atoms with Crippen molar-refractivity contribution in [1.29, 1.82) is 0 Å². The highest BCUT2D eigenvalue weighted by Gasteiger charge is 2.20. The zero-order valence-electron chi connectivity index (χ0n) is 12.0. The van der Waals surface area contributed by atoms with E-state index in [-0.39, 0.29) is 0 Å². The third-order valence-corrected chi connectivity index (χ3v) is 5.05. The molecule has 2 aromatic heterocycles. The van der Waals surface area contributed by atoms with Crippen LogP contribution < -0.4 is 5.32 Å². The quantitative estimate of drug-likeness (QED) is 0.787. The van der Waals surface area contributed by atoms with Gasteiger partial charge in [-0.05, 0) is 43.5 Å².